The largest absolute Gasteiger partial charge is 0.492 e. The number of likely N-dealkylation sites (tertiary alicyclic amines) is 1. The second kappa shape index (κ2) is 29.8. The minimum Gasteiger partial charge on any atom is -0.492 e. The number of aromatic nitrogens is 1. The molecule has 2 aliphatic rings. The molecule has 2 saturated heterocycles. The Hall–Kier alpha value is -5.91. The summed E-state index contributed by atoms with van der Waals surface area (Å²) in [4.78, 5) is 64.9. The Bertz CT molecular complexity index is 2280. The number of aldehydes is 2. The fraction of sp³-hybridized carbons (Fsp3) is 0.412. The summed E-state index contributed by atoms with van der Waals surface area (Å²) in [5.74, 6) is 1.63. The molecular formula is C51H67ClN8O7S. The second-order valence-corrected chi connectivity index (χ2v) is 17.6. The summed E-state index contributed by atoms with van der Waals surface area (Å²) in [6, 6.07) is 28.7. The number of piperidine rings is 2. The molecule has 5 aromatic rings. The average Bonchev–Trinajstić information content (AvgIpc) is 3.82. The monoisotopic (exact) mass is 970 g/mol. The van der Waals surface area contributed by atoms with Crippen LogP contribution in [-0.2, 0) is 24.0 Å². The molecule has 68 heavy (non-hydrogen) atoms. The maximum absolute atomic E-state index is 12.7. The van der Waals surface area contributed by atoms with Gasteiger partial charge in [0.2, 0.25) is 12.8 Å². The molecule has 7 rings (SSSR count). The molecule has 0 saturated carbocycles. The molecule has 2 fully saturated rings. The van der Waals surface area contributed by atoms with E-state index in [0.29, 0.717) is 68.5 Å². The molecule has 1 unspecified atom stereocenters. The van der Waals surface area contributed by atoms with Crippen molar-refractivity contribution >= 4 is 75.8 Å². The van der Waals surface area contributed by atoms with Gasteiger partial charge < -0.3 is 55.9 Å². The van der Waals surface area contributed by atoms with E-state index in [9.17, 15) is 24.0 Å². The number of hydrogen-bond donors (Lipinski definition) is 5. The molecule has 6 N–H and O–H groups in total. The molecule has 0 spiro atoms. The number of rotatable bonds is 19. The van der Waals surface area contributed by atoms with Gasteiger partial charge in [0.15, 0.2) is 5.60 Å². The third-order valence-electron chi connectivity index (χ3n) is 11.3. The normalized spacial score (nSPS) is 14.6. The van der Waals surface area contributed by atoms with Crippen LogP contribution in [0.4, 0.5) is 11.4 Å². The summed E-state index contributed by atoms with van der Waals surface area (Å²) in [5.41, 5.74) is 8.37. The van der Waals surface area contributed by atoms with Gasteiger partial charge in [-0.05, 0) is 119 Å². The molecule has 0 bridgehead atoms. The molecule has 15 nitrogen and oxygen atoms in total. The Morgan fingerprint density at radius 1 is 0.926 bits per heavy atom. The average molecular weight is 972 g/mol. The number of benzene rings is 4. The van der Waals surface area contributed by atoms with Gasteiger partial charge in [0.1, 0.15) is 35.7 Å². The molecule has 2 aliphatic heterocycles. The molecular weight excluding hydrogens is 904 g/mol. The quantitative estimate of drug-likeness (QED) is 0.0423. The van der Waals surface area contributed by atoms with Crippen LogP contribution < -0.4 is 41.4 Å². The second-order valence-electron chi connectivity index (χ2n) is 16.2. The SMILES string of the molecule is CCN.CNC.CNC(=O)C1(Oc2ccccc2-c2nc3cccc(Cl)c3s2)CCN(C=O)CC1.O=CCCC(C=O)c1ccc(N2CCC(CNCCOc3ccc(NC=O)cc3)CC2)cc1. The van der Waals surface area contributed by atoms with Crippen LogP contribution >= 0.6 is 22.9 Å². The predicted molar refractivity (Wildman–Crippen MR) is 274 cm³/mol. The number of halogens is 1. The van der Waals surface area contributed by atoms with Crippen molar-refractivity contribution in [3.05, 3.63) is 102 Å². The number of amides is 3. The van der Waals surface area contributed by atoms with E-state index in [4.69, 9.17) is 31.8 Å². The lowest BCUT2D eigenvalue weighted by Gasteiger charge is -2.39. The summed E-state index contributed by atoms with van der Waals surface area (Å²) in [6.45, 7) is 8.00. The van der Waals surface area contributed by atoms with Gasteiger partial charge in [-0.3, -0.25) is 14.4 Å². The van der Waals surface area contributed by atoms with Crippen LogP contribution in [0.25, 0.3) is 20.8 Å². The molecule has 4 aromatic carbocycles. The van der Waals surface area contributed by atoms with Gasteiger partial charge in [0.25, 0.3) is 5.91 Å². The highest BCUT2D eigenvalue weighted by atomic mass is 35.5. The van der Waals surface area contributed by atoms with Crippen LogP contribution in [0, 0.1) is 5.92 Å². The van der Waals surface area contributed by atoms with E-state index >= 15 is 0 Å². The lowest BCUT2D eigenvalue weighted by Crippen LogP contribution is -2.56. The third kappa shape index (κ3) is 16.4. The van der Waals surface area contributed by atoms with E-state index in [2.05, 4.69) is 38.3 Å². The van der Waals surface area contributed by atoms with E-state index < -0.39 is 5.60 Å². The molecule has 0 radical (unpaired) electrons. The van der Waals surface area contributed by atoms with Crippen molar-refractivity contribution < 1.29 is 33.4 Å². The molecule has 3 amide bonds. The summed E-state index contributed by atoms with van der Waals surface area (Å²) in [7, 11) is 5.35. The van der Waals surface area contributed by atoms with Gasteiger partial charge in [0, 0.05) is 76.3 Å². The first-order valence-electron chi connectivity index (χ1n) is 23.0. The van der Waals surface area contributed by atoms with Gasteiger partial charge in [-0.1, -0.05) is 48.9 Å². The van der Waals surface area contributed by atoms with E-state index in [1.807, 2.05) is 99.9 Å². The van der Waals surface area contributed by atoms with E-state index in [0.717, 1.165) is 102 Å². The standard InChI is InChI=1S/C26H33N3O4.C21H20ClN3O3S.2C2H7N/c30-16-1-2-23(19-31)22-3-7-25(8-4-22)29-14-11-21(12-15-29)18-27-13-17-33-26-9-5-24(6-10-26)28-20-32;1-23-20(27)21(9-11-25(13-26)12-10-21)28-17-8-3-2-5-14(17)19-24-16-7-4-6-15(22)18(16)29-19;1-3-2;1-2-3/h3-10,16,19-21,23,27H,1-2,11-15,17-18H2,(H,28,32);2-8,13H,9-12H2,1H3,(H,23,27);3H,1-2H3;2-3H2,1H3. The summed E-state index contributed by atoms with van der Waals surface area (Å²) in [5, 5.41) is 13.0. The van der Waals surface area contributed by atoms with Crippen molar-refractivity contribution in [3.63, 3.8) is 0 Å². The Kier molecular flexibility index (Phi) is 23.9. The zero-order chi connectivity index (χ0) is 49.2. The topological polar surface area (TPSA) is 197 Å². The number of nitrogens with one attached hydrogen (secondary N) is 4. The third-order valence-corrected chi connectivity index (χ3v) is 12.9. The predicted octanol–water partition coefficient (Wildman–Crippen LogP) is 6.93. The number of para-hydroxylation sites is 1. The van der Waals surface area contributed by atoms with Gasteiger partial charge >= 0.3 is 0 Å². The maximum Gasteiger partial charge on any atom is 0.264 e. The summed E-state index contributed by atoms with van der Waals surface area (Å²) in [6.07, 6.45) is 7.37. The highest BCUT2D eigenvalue weighted by Crippen LogP contribution is 2.40. The van der Waals surface area contributed by atoms with Crippen LogP contribution in [0.3, 0.4) is 0 Å². The van der Waals surface area contributed by atoms with E-state index in [-0.39, 0.29) is 11.8 Å². The number of anilines is 2. The van der Waals surface area contributed by atoms with Crippen LogP contribution in [-0.4, -0.2) is 120 Å². The number of carbonyl (C=O) groups is 5. The molecule has 1 atom stereocenters. The van der Waals surface area contributed by atoms with Crippen molar-refractivity contribution in [2.45, 2.75) is 57.0 Å². The number of ether oxygens (including phenoxy) is 2. The fourth-order valence-corrected chi connectivity index (χ4v) is 9.00. The minimum absolute atomic E-state index is 0.190. The van der Waals surface area contributed by atoms with Crippen LogP contribution in [0.2, 0.25) is 5.02 Å². The first-order chi connectivity index (χ1) is 33.1. The number of nitrogens with zero attached hydrogens (tertiary/aromatic N) is 3. The molecule has 366 valence electrons. The smallest absolute Gasteiger partial charge is 0.264 e. The van der Waals surface area contributed by atoms with Crippen molar-refractivity contribution in [1.29, 1.82) is 0 Å². The van der Waals surface area contributed by atoms with Crippen molar-refractivity contribution in [2.24, 2.45) is 11.7 Å². The number of likely N-dealkylation sites (N-methyl/N-ethyl adjacent to an activating group) is 1. The van der Waals surface area contributed by atoms with Crippen molar-refractivity contribution in [3.8, 4) is 22.1 Å². The number of hydrogen-bond acceptors (Lipinski definition) is 13. The molecule has 0 aliphatic carbocycles. The highest BCUT2D eigenvalue weighted by Gasteiger charge is 2.43. The van der Waals surface area contributed by atoms with Gasteiger partial charge in [-0.25, -0.2) is 4.98 Å². The Labute approximate surface area is 409 Å². The van der Waals surface area contributed by atoms with Crippen LogP contribution in [0.1, 0.15) is 56.9 Å². The fourth-order valence-electron chi connectivity index (χ4n) is 7.72. The number of thiazole rings is 1. The van der Waals surface area contributed by atoms with E-state index in [1.165, 1.54) is 17.0 Å². The zero-order valence-electron chi connectivity index (χ0n) is 39.6. The lowest BCUT2D eigenvalue weighted by atomic mass is 9.90. The van der Waals surface area contributed by atoms with Gasteiger partial charge in [-0.2, -0.15) is 0 Å². The zero-order valence-corrected chi connectivity index (χ0v) is 41.2. The Morgan fingerprint density at radius 3 is 2.21 bits per heavy atom. The number of fused-ring (bicyclic) bond motifs is 1. The Morgan fingerprint density at radius 2 is 1.60 bits per heavy atom. The minimum atomic E-state index is -1.03. The van der Waals surface area contributed by atoms with Crippen LogP contribution in [0.15, 0.2) is 91.0 Å². The maximum atomic E-state index is 12.7. The highest BCUT2D eigenvalue weighted by molar-refractivity contribution is 7.22. The summed E-state index contributed by atoms with van der Waals surface area (Å²) < 4.78 is 13.0. The van der Waals surface area contributed by atoms with Gasteiger partial charge in [-0.15, -0.1) is 11.3 Å². The Balaban J connectivity index is 0.000000267. The first kappa shape index (κ1) is 54.7. The lowest BCUT2D eigenvalue weighted by molar-refractivity contribution is -0.142. The summed E-state index contributed by atoms with van der Waals surface area (Å²) >= 11 is 7.81. The van der Waals surface area contributed by atoms with Crippen molar-refractivity contribution in [1.82, 2.24) is 25.8 Å². The van der Waals surface area contributed by atoms with Gasteiger partial charge in [0.05, 0.1) is 20.8 Å². The molecule has 17 heteroatoms. The van der Waals surface area contributed by atoms with Crippen LogP contribution in [0.5, 0.6) is 11.5 Å². The van der Waals surface area contributed by atoms with Crippen molar-refractivity contribution in [2.75, 3.05) is 83.8 Å². The number of nitrogens with two attached hydrogens (primary N) is 1. The first-order valence-corrected chi connectivity index (χ1v) is 24.2. The molecule has 3 heterocycles. The number of carbonyl (C=O) groups excluding carboxylic acids is 5. The molecule has 1 aromatic heterocycles. The van der Waals surface area contributed by atoms with E-state index in [1.54, 1.807) is 11.9 Å².